The SMILES string of the molecule is CC/C=C\C/C=C\C/C=C\C/C=C\C/C=C\C/C=C\CCCCC(=O)OC(COC(=O)CCCCC/C=C\C/C=C\C/C=C\C/C=C\C/C=C\CC)COC(=O)CCCCCCCCCCCCCCCCCCCCCCCC. The lowest BCUT2D eigenvalue weighted by Crippen LogP contribution is -2.30. The summed E-state index contributed by atoms with van der Waals surface area (Å²) in [4.78, 5) is 38.4. The fourth-order valence-corrected chi connectivity index (χ4v) is 9.00. The number of unbranched alkanes of at least 4 members (excludes halogenated alkanes) is 26. The lowest BCUT2D eigenvalue weighted by atomic mass is 10.0. The second-order valence-corrected chi connectivity index (χ2v) is 21.6. The van der Waals surface area contributed by atoms with E-state index in [2.05, 4.69) is 154 Å². The molecule has 0 aromatic heterocycles. The molecule has 0 rings (SSSR count). The first kappa shape index (κ1) is 75.5. The van der Waals surface area contributed by atoms with Gasteiger partial charge in [-0.2, -0.15) is 0 Å². The molecule has 0 amide bonds. The summed E-state index contributed by atoms with van der Waals surface area (Å²) in [6.07, 6.45) is 94.6. The standard InChI is InChI=1S/C74H122O6/c1-4-7-10-13-16-19-22-25-28-31-34-36-38-40-43-46-49-52-55-58-61-64-67-73(76)79-70-71(69-78-72(75)66-63-60-57-54-51-48-45-42-39-33-30-27-24-21-18-15-12-9-6-3)80-74(77)68-65-62-59-56-53-50-47-44-41-37-35-32-29-26-23-20-17-14-11-8-5-2/h8-9,11-12,17-18,20-21,26-27,29-30,35,37,39,42,44,47-48,51,53,56,71H,4-7,10,13-16,19,22-25,28,31-34,36,38,40-41,43,45-46,49-50,52,54-55,57-70H2,1-3H3/b11-8-,12-9-,20-17-,21-18-,29-26-,30-27-,37-35-,42-39-,47-44-,51-48-,56-53-. The van der Waals surface area contributed by atoms with Crippen LogP contribution in [0.5, 0.6) is 0 Å². The minimum atomic E-state index is -0.821. The first-order chi connectivity index (χ1) is 39.5. The van der Waals surface area contributed by atoms with Crippen LogP contribution in [0.1, 0.15) is 297 Å². The van der Waals surface area contributed by atoms with Crippen LogP contribution in [0.25, 0.3) is 0 Å². The van der Waals surface area contributed by atoms with Gasteiger partial charge in [0.15, 0.2) is 6.10 Å². The predicted molar refractivity (Wildman–Crippen MR) is 348 cm³/mol. The minimum Gasteiger partial charge on any atom is -0.462 e. The normalized spacial score (nSPS) is 13.0. The van der Waals surface area contributed by atoms with Gasteiger partial charge >= 0.3 is 17.9 Å². The Morgan fingerprint density at radius 2 is 0.487 bits per heavy atom. The van der Waals surface area contributed by atoms with Gasteiger partial charge in [-0.25, -0.2) is 0 Å². The fourth-order valence-electron chi connectivity index (χ4n) is 9.00. The van der Waals surface area contributed by atoms with Gasteiger partial charge in [0, 0.05) is 19.3 Å². The fraction of sp³-hybridized carbons (Fsp3) is 0.662. The Balaban J connectivity index is 4.50. The van der Waals surface area contributed by atoms with Crippen molar-refractivity contribution in [2.24, 2.45) is 0 Å². The Hall–Kier alpha value is -4.45. The summed E-state index contributed by atoms with van der Waals surface area (Å²) < 4.78 is 16.9. The number of hydrogen-bond acceptors (Lipinski definition) is 6. The molecular weight excluding hydrogens is 985 g/mol. The summed E-state index contributed by atoms with van der Waals surface area (Å²) in [5.74, 6) is -0.979. The highest BCUT2D eigenvalue weighted by atomic mass is 16.6. The van der Waals surface area contributed by atoms with Gasteiger partial charge in [-0.3, -0.25) is 14.4 Å². The molecule has 0 heterocycles. The second-order valence-electron chi connectivity index (χ2n) is 21.6. The van der Waals surface area contributed by atoms with Crippen molar-refractivity contribution >= 4 is 17.9 Å². The van der Waals surface area contributed by atoms with Gasteiger partial charge in [-0.1, -0.05) is 296 Å². The molecule has 6 heteroatoms. The molecule has 454 valence electrons. The third kappa shape index (κ3) is 64.4. The average Bonchev–Trinajstić information content (AvgIpc) is 3.46. The van der Waals surface area contributed by atoms with E-state index in [9.17, 15) is 14.4 Å². The molecule has 0 fully saturated rings. The Morgan fingerprint density at radius 1 is 0.263 bits per heavy atom. The zero-order chi connectivity index (χ0) is 57.8. The summed E-state index contributed by atoms with van der Waals surface area (Å²) in [6.45, 7) is 6.37. The molecule has 0 bridgehead atoms. The smallest absolute Gasteiger partial charge is 0.306 e. The number of ether oxygens (including phenoxy) is 3. The number of carbonyl (C=O) groups excluding carboxylic acids is 3. The Labute approximate surface area is 494 Å². The van der Waals surface area contributed by atoms with E-state index >= 15 is 0 Å². The number of hydrogen-bond donors (Lipinski definition) is 0. The van der Waals surface area contributed by atoms with Crippen LogP contribution in [0.4, 0.5) is 0 Å². The van der Waals surface area contributed by atoms with Crippen molar-refractivity contribution in [3.63, 3.8) is 0 Å². The first-order valence-corrected chi connectivity index (χ1v) is 33.2. The molecule has 0 aliphatic rings. The van der Waals surface area contributed by atoms with E-state index < -0.39 is 6.10 Å². The maximum Gasteiger partial charge on any atom is 0.306 e. The van der Waals surface area contributed by atoms with E-state index in [1.165, 1.54) is 122 Å². The number of allylic oxidation sites excluding steroid dienone is 22. The minimum absolute atomic E-state index is 0.108. The monoisotopic (exact) mass is 1110 g/mol. The van der Waals surface area contributed by atoms with E-state index in [1.54, 1.807) is 0 Å². The van der Waals surface area contributed by atoms with Crippen LogP contribution in [0, 0.1) is 0 Å². The topological polar surface area (TPSA) is 78.9 Å². The third-order valence-corrected chi connectivity index (χ3v) is 13.9. The molecule has 1 atom stereocenters. The molecule has 0 saturated heterocycles. The largest absolute Gasteiger partial charge is 0.462 e. The van der Waals surface area contributed by atoms with Crippen LogP contribution < -0.4 is 0 Å². The average molecular weight is 1110 g/mol. The molecule has 0 saturated carbocycles. The molecule has 1 unspecified atom stereocenters. The van der Waals surface area contributed by atoms with Gasteiger partial charge in [0.05, 0.1) is 0 Å². The van der Waals surface area contributed by atoms with Crippen LogP contribution in [0.2, 0.25) is 0 Å². The molecule has 0 aromatic rings. The van der Waals surface area contributed by atoms with Gasteiger partial charge < -0.3 is 14.2 Å². The van der Waals surface area contributed by atoms with E-state index in [4.69, 9.17) is 14.2 Å². The van der Waals surface area contributed by atoms with Crippen molar-refractivity contribution in [3.05, 3.63) is 134 Å². The van der Waals surface area contributed by atoms with Crippen molar-refractivity contribution in [2.75, 3.05) is 13.2 Å². The van der Waals surface area contributed by atoms with Gasteiger partial charge in [-0.15, -0.1) is 0 Å². The van der Waals surface area contributed by atoms with E-state index in [0.717, 1.165) is 128 Å². The van der Waals surface area contributed by atoms with Crippen LogP contribution in [-0.4, -0.2) is 37.2 Å². The van der Waals surface area contributed by atoms with Gasteiger partial charge in [0.1, 0.15) is 13.2 Å². The predicted octanol–water partition coefficient (Wildman–Crippen LogP) is 22.9. The van der Waals surface area contributed by atoms with Crippen LogP contribution >= 0.6 is 0 Å². The third-order valence-electron chi connectivity index (χ3n) is 13.9. The zero-order valence-corrected chi connectivity index (χ0v) is 52.0. The lowest BCUT2D eigenvalue weighted by molar-refractivity contribution is -0.167. The van der Waals surface area contributed by atoms with Crippen LogP contribution in [0.3, 0.4) is 0 Å². The van der Waals surface area contributed by atoms with Crippen molar-refractivity contribution in [1.29, 1.82) is 0 Å². The summed E-state index contributed by atoms with van der Waals surface area (Å²) in [6, 6.07) is 0. The maximum absolute atomic E-state index is 12.9. The van der Waals surface area contributed by atoms with Gasteiger partial charge in [0.25, 0.3) is 0 Å². The van der Waals surface area contributed by atoms with Crippen molar-refractivity contribution in [1.82, 2.24) is 0 Å². The summed E-state index contributed by atoms with van der Waals surface area (Å²) in [5, 5.41) is 0. The zero-order valence-electron chi connectivity index (χ0n) is 52.0. The van der Waals surface area contributed by atoms with Crippen LogP contribution in [-0.2, 0) is 28.6 Å². The molecule has 0 radical (unpaired) electrons. The Bertz CT molecular complexity index is 1700. The van der Waals surface area contributed by atoms with Crippen molar-refractivity contribution < 1.29 is 28.6 Å². The number of rotatable bonds is 59. The molecule has 0 N–H and O–H groups in total. The molecule has 0 spiro atoms. The first-order valence-electron chi connectivity index (χ1n) is 33.2. The Kier molecular flexibility index (Phi) is 63.3. The summed E-state index contributed by atoms with van der Waals surface area (Å²) in [7, 11) is 0. The molecule has 0 aliphatic heterocycles. The highest BCUT2D eigenvalue weighted by molar-refractivity contribution is 5.71. The number of carbonyl (C=O) groups is 3. The van der Waals surface area contributed by atoms with E-state index in [0.29, 0.717) is 19.3 Å². The molecule has 6 nitrogen and oxygen atoms in total. The van der Waals surface area contributed by atoms with Crippen molar-refractivity contribution in [3.8, 4) is 0 Å². The van der Waals surface area contributed by atoms with E-state index in [1.807, 2.05) is 0 Å². The van der Waals surface area contributed by atoms with E-state index in [-0.39, 0.29) is 37.5 Å². The number of esters is 3. The quantitative estimate of drug-likeness (QED) is 0.0261. The van der Waals surface area contributed by atoms with Crippen molar-refractivity contribution in [2.45, 2.75) is 303 Å². The van der Waals surface area contributed by atoms with Gasteiger partial charge in [0.2, 0.25) is 0 Å². The Morgan fingerprint density at radius 3 is 0.787 bits per heavy atom. The molecule has 80 heavy (non-hydrogen) atoms. The highest BCUT2D eigenvalue weighted by Gasteiger charge is 2.19. The highest BCUT2D eigenvalue weighted by Crippen LogP contribution is 2.17. The molecule has 0 aliphatic carbocycles. The maximum atomic E-state index is 12.9. The summed E-state index contributed by atoms with van der Waals surface area (Å²) in [5.41, 5.74) is 0. The molecular formula is C74H122O6. The second kappa shape index (κ2) is 67.1. The lowest BCUT2D eigenvalue weighted by Gasteiger charge is -2.18. The molecule has 0 aromatic carbocycles. The van der Waals surface area contributed by atoms with Gasteiger partial charge in [-0.05, 0) is 116 Å². The summed E-state index contributed by atoms with van der Waals surface area (Å²) >= 11 is 0. The van der Waals surface area contributed by atoms with Crippen LogP contribution in [0.15, 0.2) is 134 Å².